The van der Waals surface area contributed by atoms with Crippen molar-refractivity contribution in [3.8, 4) is 0 Å². The highest BCUT2D eigenvalue weighted by atomic mass is 35.5. The van der Waals surface area contributed by atoms with Gasteiger partial charge in [0.1, 0.15) is 10.8 Å². The summed E-state index contributed by atoms with van der Waals surface area (Å²) in [5.74, 6) is -1.11. The number of alkyl halides is 3. The minimum atomic E-state index is -4.75. The Morgan fingerprint density at radius 1 is 1.37 bits per heavy atom. The molecule has 9 heteroatoms. The second kappa shape index (κ2) is 6.06. The van der Waals surface area contributed by atoms with Crippen molar-refractivity contribution in [2.45, 2.75) is 11.9 Å². The molecular formula is C10H11ClF3NO3S. The Kier molecular flexibility index (Phi) is 5.17. The summed E-state index contributed by atoms with van der Waals surface area (Å²) in [6.45, 7) is -0.0787. The lowest BCUT2D eigenvalue weighted by Gasteiger charge is -2.12. The summed E-state index contributed by atoms with van der Waals surface area (Å²) in [5.41, 5.74) is -1.70. The molecule has 4 nitrogen and oxygen atoms in total. The highest BCUT2D eigenvalue weighted by molar-refractivity contribution is 7.90. The fourth-order valence-corrected chi connectivity index (χ4v) is 2.76. The van der Waals surface area contributed by atoms with E-state index in [4.69, 9.17) is 11.6 Å². The van der Waals surface area contributed by atoms with Crippen molar-refractivity contribution in [2.75, 3.05) is 19.5 Å². The highest BCUT2D eigenvalue weighted by Crippen LogP contribution is 2.32. The van der Waals surface area contributed by atoms with E-state index in [-0.39, 0.29) is 17.5 Å². The molecule has 0 saturated carbocycles. The van der Waals surface area contributed by atoms with Crippen LogP contribution in [0.5, 0.6) is 0 Å². The lowest BCUT2D eigenvalue weighted by Crippen LogP contribution is -2.18. The third kappa shape index (κ3) is 4.96. The largest absolute Gasteiger partial charge is 0.433 e. The van der Waals surface area contributed by atoms with Crippen LogP contribution >= 0.6 is 11.6 Å². The van der Waals surface area contributed by atoms with E-state index in [9.17, 15) is 21.6 Å². The number of methoxy groups -OCH3 is 1. The van der Waals surface area contributed by atoms with Crippen molar-refractivity contribution in [1.29, 1.82) is 0 Å². The predicted octanol–water partition coefficient (Wildman–Crippen LogP) is 2.32. The molecule has 19 heavy (non-hydrogen) atoms. The minimum Gasteiger partial charge on any atom is -0.384 e. The van der Waals surface area contributed by atoms with Gasteiger partial charge in [-0.1, -0.05) is 17.7 Å². The molecule has 0 aliphatic carbocycles. The van der Waals surface area contributed by atoms with Crippen molar-refractivity contribution in [3.63, 3.8) is 0 Å². The number of sulfone groups is 1. The Hall–Kier alpha value is -0.860. The van der Waals surface area contributed by atoms with Gasteiger partial charge < -0.3 is 4.74 Å². The normalized spacial score (nSPS) is 12.7. The molecule has 1 heterocycles. The van der Waals surface area contributed by atoms with Gasteiger partial charge in [0.25, 0.3) is 0 Å². The Balaban J connectivity index is 3.08. The van der Waals surface area contributed by atoms with Gasteiger partial charge in [0.2, 0.25) is 0 Å². The Morgan fingerprint density at radius 3 is 2.53 bits per heavy atom. The van der Waals surface area contributed by atoms with Gasteiger partial charge in [-0.15, -0.1) is 0 Å². The SMILES string of the molecule is COCCS(=O)(=O)Cc1ccc(Cl)nc1C(F)(F)F. The van der Waals surface area contributed by atoms with Crippen LogP contribution in [-0.4, -0.2) is 32.9 Å². The third-order valence-corrected chi connectivity index (χ3v) is 3.94. The number of aromatic nitrogens is 1. The molecule has 1 aromatic heterocycles. The van der Waals surface area contributed by atoms with E-state index >= 15 is 0 Å². The average molecular weight is 318 g/mol. The molecule has 0 aromatic carbocycles. The maximum atomic E-state index is 12.7. The lowest BCUT2D eigenvalue weighted by molar-refractivity contribution is -0.141. The fourth-order valence-electron chi connectivity index (χ4n) is 1.35. The quantitative estimate of drug-likeness (QED) is 0.782. The monoisotopic (exact) mass is 317 g/mol. The molecule has 1 rings (SSSR count). The van der Waals surface area contributed by atoms with E-state index in [0.29, 0.717) is 0 Å². The predicted molar refractivity (Wildman–Crippen MR) is 63.6 cm³/mol. The number of halogens is 4. The van der Waals surface area contributed by atoms with E-state index in [1.54, 1.807) is 0 Å². The third-order valence-electron chi connectivity index (χ3n) is 2.19. The number of ether oxygens (including phenoxy) is 1. The topological polar surface area (TPSA) is 56.3 Å². The van der Waals surface area contributed by atoms with Crippen LogP contribution < -0.4 is 0 Å². The van der Waals surface area contributed by atoms with Gasteiger partial charge in [0.15, 0.2) is 9.84 Å². The number of hydrogen-bond donors (Lipinski definition) is 0. The fraction of sp³-hybridized carbons (Fsp3) is 0.500. The second-order valence-electron chi connectivity index (χ2n) is 3.72. The number of pyridine rings is 1. The molecule has 0 spiro atoms. The lowest BCUT2D eigenvalue weighted by atomic mass is 10.2. The number of nitrogens with zero attached hydrogens (tertiary/aromatic N) is 1. The van der Waals surface area contributed by atoms with Gasteiger partial charge in [-0.2, -0.15) is 13.2 Å². The number of hydrogen-bond acceptors (Lipinski definition) is 4. The summed E-state index contributed by atoms with van der Waals surface area (Å²) < 4.78 is 66.0. The van der Waals surface area contributed by atoms with Crippen LogP contribution in [0.2, 0.25) is 5.15 Å². The molecule has 0 aliphatic heterocycles. The molecule has 0 amide bonds. The van der Waals surface area contributed by atoms with Gasteiger partial charge in [-0.25, -0.2) is 13.4 Å². The molecule has 0 unspecified atom stereocenters. The van der Waals surface area contributed by atoms with Crippen LogP contribution in [0.25, 0.3) is 0 Å². The van der Waals surface area contributed by atoms with E-state index in [0.717, 1.165) is 12.1 Å². The molecule has 108 valence electrons. The Morgan fingerprint density at radius 2 is 2.00 bits per heavy atom. The molecule has 0 saturated heterocycles. The first-order valence-corrected chi connectivity index (χ1v) is 7.27. The molecule has 0 radical (unpaired) electrons. The van der Waals surface area contributed by atoms with Gasteiger partial charge >= 0.3 is 6.18 Å². The minimum absolute atomic E-state index is 0.0787. The Bertz CT molecular complexity index is 545. The van der Waals surface area contributed by atoms with Crippen LogP contribution in [0.4, 0.5) is 13.2 Å². The zero-order chi connectivity index (χ0) is 14.7. The first kappa shape index (κ1) is 16.2. The average Bonchev–Trinajstić information content (AvgIpc) is 2.27. The van der Waals surface area contributed by atoms with Gasteiger partial charge in [0.05, 0.1) is 18.1 Å². The van der Waals surface area contributed by atoms with Crippen LogP contribution in [-0.2, 0) is 26.5 Å². The maximum absolute atomic E-state index is 12.7. The summed E-state index contributed by atoms with van der Waals surface area (Å²) in [5, 5.41) is -0.342. The van der Waals surface area contributed by atoms with Crippen molar-refractivity contribution >= 4 is 21.4 Å². The smallest absolute Gasteiger partial charge is 0.384 e. The van der Waals surface area contributed by atoms with E-state index in [1.807, 2.05) is 0 Å². The molecule has 0 fully saturated rings. The van der Waals surface area contributed by atoms with E-state index < -0.39 is 33.0 Å². The Labute approximate surface area is 113 Å². The molecule has 0 bridgehead atoms. The molecule has 0 N–H and O–H groups in total. The van der Waals surface area contributed by atoms with Crippen molar-refractivity contribution in [1.82, 2.24) is 4.98 Å². The van der Waals surface area contributed by atoms with Gasteiger partial charge in [0, 0.05) is 7.11 Å². The van der Waals surface area contributed by atoms with Crippen LogP contribution in [0.3, 0.4) is 0 Å². The molecule has 0 atom stereocenters. The second-order valence-corrected chi connectivity index (χ2v) is 6.30. The summed E-state index contributed by atoms with van der Waals surface area (Å²) in [7, 11) is -2.39. The zero-order valence-corrected chi connectivity index (χ0v) is 11.4. The van der Waals surface area contributed by atoms with E-state index in [2.05, 4.69) is 9.72 Å². The number of rotatable bonds is 5. The summed E-state index contributed by atoms with van der Waals surface area (Å²) in [6, 6.07) is 2.14. The molecule has 1 aromatic rings. The van der Waals surface area contributed by atoms with Crippen LogP contribution in [0, 0.1) is 0 Å². The van der Waals surface area contributed by atoms with Crippen molar-refractivity contribution < 1.29 is 26.3 Å². The van der Waals surface area contributed by atoms with E-state index in [1.165, 1.54) is 7.11 Å². The molecular weight excluding hydrogens is 307 g/mol. The standard InChI is InChI=1S/C10H11ClF3NO3S/c1-18-4-5-19(16,17)6-7-2-3-8(11)15-9(7)10(12,13)14/h2-3H,4-6H2,1H3. The summed E-state index contributed by atoms with van der Waals surface area (Å²) in [4.78, 5) is 3.15. The summed E-state index contributed by atoms with van der Waals surface area (Å²) >= 11 is 5.40. The van der Waals surface area contributed by atoms with Gasteiger partial charge in [-0.05, 0) is 11.6 Å². The van der Waals surface area contributed by atoms with Crippen LogP contribution in [0.15, 0.2) is 12.1 Å². The first-order valence-electron chi connectivity index (χ1n) is 5.07. The van der Waals surface area contributed by atoms with Crippen LogP contribution in [0.1, 0.15) is 11.3 Å². The zero-order valence-electron chi connectivity index (χ0n) is 9.87. The molecule has 0 aliphatic rings. The van der Waals surface area contributed by atoms with Gasteiger partial charge in [-0.3, -0.25) is 0 Å². The highest BCUT2D eigenvalue weighted by Gasteiger charge is 2.36. The van der Waals surface area contributed by atoms with Crippen molar-refractivity contribution in [3.05, 3.63) is 28.5 Å². The summed E-state index contributed by atoms with van der Waals surface area (Å²) in [6.07, 6.45) is -4.75. The van der Waals surface area contributed by atoms with Crippen molar-refractivity contribution in [2.24, 2.45) is 0 Å². The maximum Gasteiger partial charge on any atom is 0.433 e. The first-order chi connectivity index (χ1) is 8.65.